The van der Waals surface area contributed by atoms with Crippen molar-refractivity contribution in [2.24, 2.45) is 18.9 Å². The summed E-state index contributed by atoms with van der Waals surface area (Å²) < 4.78 is 69.4. The molecule has 2 aliphatic rings. The zero-order chi connectivity index (χ0) is 26.7. The number of aryl methyl sites for hydroxylation is 1. The first kappa shape index (κ1) is 25.7. The first-order chi connectivity index (χ1) is 17.4. The van der Waals surface area contributed by atoms with E-state index in [2.05, 4.69) is 10.3 Å². The van der Waals surface area contributed by atoms with E-state index in [1.54, 1.807) is 24.0 Å². The normalized spacial score (nSPS) is 25.3. The number of nitrogens with zero attached hydrogens (tertiary/aromatic N) is 2. The number of imidazole rings is 1. The van der Waals surface area contributed by atoms with Crippen LogP contribution in [0.25, 0.3) is 0 Å². The number of aromatic nitrogens is 2. The summed E-state index contributed by atoms with van der Waals surface area (Å²) in [5, 5.41) is 12.9. The van der Waals surface area contributed by atoms with Gasteiger partial charge < -0.3 is 15.0 Å². The Balaban J connectivity index is 1.41. The molecule has 2 aromatic carbocycles. The van der Waals surface area contributed by atoms with Crippen LogP contribution in [0.4, 0.5) is 18.9 Å². The number of fused-ring (bicyclic) bond motifs is 2. The van der Waals surface area contributed by atoms with Crippen molar-refractivity contribution in [1.82, 2.24) is 9.55 Å². The fourth-order valence-electron chi connectivity index (χ4n) is 5.74. The minimum atomic E-state index is -4.02. The molecule has 1 aromatic heterocycles. The molecule has 37 heavy (non-hydrogen) atoms. The van der Waals surface area contributed by atoms with Gasteiger partial charge in [-0.3, -0.25) is 4.79 Å². The Morgan fingerprint density at radius 2 is 1.76 bits per heavy atom. The summed E-state index contributed by atoms with van der Waals surface area (Å²) in [6.07, 6.45) is 5.04. The highest BCUT2D eigenvalue weighted by Crippen LogP contribution is 2.56. The molecule has 0 radical (unpaired) electrons. The summed E-state index contributed by atoms with van der Waals surface area (Å²) in [6, 6.07) is 4.88. The summed E-state index contributed by atoms with van der Waals surface area (Å²) in [4.78, 5) is 16.8. The van der Waals surface area contributed by atoms with Gasteiger partial charge in [-0.15, -0.1) is 0 Å². The third-order valence-electron chi connectivity index (χ3n) is 7.56. The number of anilines is 1. The number of halogens is 4. The number of rotatable bonds is 5. The maximum absolute atomic E-state index is 13.7. The lowest BCUT2D eigenvalue weighted by Gasteiger charge is -2.41. The Morgan fingerprint density at radius 3 is 2.32 bits per heavy atom. The van der Waals surface area contributed by atoms with Crippen LogP contribution in [0.1, 0.15) is 41.9 Å². The molecule has 1 heterocycles. The number of sulfone groups is 1. The van der Waals surface area contributed by atoms with Gasteiger partial charge in [-0.1, -0.05) is 11.6 Å². The maximum Gasteiger partial charge on any atom is 0.255 e. The SMILES string of the molecule is Cn1ccnc1C1(O)C2CCC1CC(S(=O)(=O)c1cc(C(=O)Nc3cc(F)c(F)c(F)c3)ccc1Cl)C2. The summed E-state index contributed by atoms with van der Waals surface area (Å²) in [5.74, 6) is -5.61. The first-order valence-electron chi connectivity index (χ1n) is 11.6. The minimum Gasteiger partial charge on any atom is -0.381 e. The largest absolute Gasteiger partial charge is 0.381 e. The van der Waals surface area contributed by atoms with Crippen LogP contribution < -0.4 is 5.32 Å². The molecule has 7 nitrogen and oxygen atoms in total. The highest BCUT2D eigenvalue weighted by Gasteiger charge is 2.58. The summed E-state index contributed by atoms with van der Waals surface area (Å²) in [5.41, 5.74) is -1.68. The van der Waals surface area contributed by atoms with Gasteiger partial charge in [-0.25, -0.2) is 26.6 Å². The molecule has 2 N–H and O–H groups in total. The van der Waals surface area contributed by atoms with Gasteiger partial charge in [0.05, 0.1) is 15.2 Å². The third-order valence-corrected chi connectivity index (χ3v) is 10.2. The van der Waals surface area contributed by atoms with E-state index in [0.717, 1.165) is 6.07 Å². The molecule has 0 saturated heterocycles. The quantitative estimate of drug-likeness (QED) is 0.450. The third kappa shape index (κ3) is 4.22. The topological polar surface area (TPSA) is 101 Å². The standard InChI is InChI=1S/C25H23ClF3N3O4S/c1-32-7-6-30-24(32)25(34)14-3-4-15(25)10-17(9-14)37(35,36)21-8-13(2-5-18(21)26)23(33)31-16-11-19(27)22(29)20(28)12-16/h2,5-8,11-12,14-15,17,34H,3-4,9-10H2,1H3,(H,31,33). The van der Waals surface area contributed by atoms with Crippen molar-refractivity contribution in [3.63, 3.8) is 0 Å². The predicted octanol–water partition coefficient (Wildman–Crippen LogP) is 4.59. The molecule has 1 amide bonds. The van der Waals surface area contributed by atoms with E-state index in [4.69, 9.17) is 11.6 Å². The maximum atomic E-state index is 13.7. The first-order valence-corrected chi connectivity index (χ1v) is 13.5. The Kier molecular flexibility index (Phi) is 6.36. The minimum absolute atomic E-state index is 0.0762. The van der Waals surface area contributed by atoms with Crippen molar-refractivity contribution in [3.8, 4) is 0 Å². The molecule has 0 aliphatic heterocycles. The lowest BCUT2D eigenvalue weighted by molar-refractivity contribution is -0.0738. The number of nitrogens with one attached hydrogen (secondary N) is 1. The zero-order valence-electron chi connectivity index (χ0n) is 19.6. The molecule has 2 fully saturated rings. The Morgan fingerprint density at radius 1 is 1.14 bits per heavy atom. The second-order valence-corrected chi connectivity index (χ2v) is 12.3. The molecular weight excluding hydrogens is 531 g/mol. The molecule has 5 rings (SSSR count). The molecule has 3 aromatic rings. The van der Waals surface area contributed by atoms with Crippen LogP contribution in [0.2, 0.25) is 5.02 Å². The number of benzene rings is 2. The smallest absolute Gasteiger partial charge is 0.255 e. The van der Waals surface area contributed by atoms with Gasteiger partial charge in [-0.2, -0.15) is 0 Å². The molecule has 2 saturated carbocycles. The molecule has 2 atom stereocenters. The number of carbonyl (C=O) groups is 1. The van der Waals surface area contributed by atoms with E-state index >= 15 is 0 Å². The second kappa shape index (κ2) is 9.14. The Bertz CT molecular complexity index is 1470. The van der Waals surface area contributed by atoms with E-state index < -0.39 is 44.0 Å². The van der Waals surface area contributed by atoms with Gasteiger partial charge in [0.1, 0.15) is 11.4 Å². The molecule has 2 unspecified atom stereocenters. The Hall–Kier alpha value is -2.89. The van der Waals surface area contributed by atoms with Gasteiger partial charge >= 0.3 is 0 Å². The highest BCUT2D eigenvalue weighted by atomic mass is 35.5. The average Bonchev–Trinajstić information content (AvgIpc) is 3.31. The van der Waals surface area contributed by atoms with E-state index in [9.17, 15) is 31.5 Å². The number of amides is 1. The molecule has 12 heteroatoms. The summed E-state index contributed by atoms with van der Waals surface area (Å²) in [6.45, 7) is 0. The van der Waals surface area contributed by atoms with Crippen LogP contribution in [0.15, 0.2) is 47.6 Å². The van der Waals surface area contributed by atoms with Crippen molar-refractivity contribution in [2.75, 3.05) is 5.32 Å². The van der Waals surface area contributed by atoms with Crippen LogP contribution in [-0.2, 0) is 22.5 Å². The van der Waals surface area contributed by atoms with E-state index in [0.29, 0.717) is 30.8 Å². The van der Waals surface area contributed by atoms with Crippen molar-refractivity contribution < 1.29 is 31.5 Å². The Labute approximate surface area is 216 Å². The van der Waals surface area contributed by atoms with Gasteiger partial charge in [0.2, 0.25) is 0 Å². The van der Waals surface area contributed by atoms with Gasteiger partial charge in [0, 0.05) is 42.8 Å². The average molecular weight is 554 g/mol. The molecule has 2 aliphatic carbocycles. The van der Waals surface area contributed by atoms with E-state index in [1.807, 2.05) is 0 Å². The fourth-order valence-corrected chi connectivity index (χ4v) is 8.15. The van der Waals surface area contributed by atoms with E-state index in [1.165, 1.54) is 12.1 Å². The van der Waals surface area contributed by atoms with Crippen molar-refractivity contribution in [1.29, 1.82) is 0 Å². The van der Waals surface area contributed by atoms with Crippen LogP contribution in [-0.4, -0.2) is 34.2 Å². The lowest BCUT2D eigenvalue weighted by atomic mass is 9.73. The fraction of sp³-hybridized carbons (Fsp3) is 0.360. The lowest BCUT2D eigenvalue weighted by Crippen LogP contribution is -2.47. The van der Waals surface area contributed by atoms with Crippen molar-refractivity contribution >= 4 is 33.0 Å². The molecular formula is C25H23ClF3N3O4S. The van der Waals surface area contributed by atoms with Crippen LogP contribution in [0.3, 0.4) is 0 Å². The molecule has 0 spiro atoms. The second-order valence-electron chi connectivity index (χ2n) is 9.65. The number of hydrogen-bond acceptors (Lipinski definition) is 5. The number of hydrogen-bond donors (Lipinski definition) is 2. The van der Waals surface area contributed by atoms with Crippen molar-refractivity contribution in [3.05, 3.63) is 76.6 Å². The zero-order valence-corrected chi connectivity index (χ0v) is 21.2. The van der Waals surface area contributed by atoms with E-state index in [-0.39, 0.29) is 45.8 Å². The highest BCUT2D eigenvalue weighted by molar-refractivity contribution is 7.92. The number of carbonyl (C=O) groups excluding carboxylic acids is 1. The van der Waals surface area contributed by atoms with Crippen LogP contribution in [0, 0.1) is 29.3 Å². The van der Waals surface area contributed by atoms with Gasteiger partial charge in [0.15, 0.2) is 27.3 Å². The van der Waals surface area contributed by atoms with Crippen LogP contribution >= 0.6 is 11.6 Å². The van der Waals surface area contributed by atoms with Gasteiger partial charge in [0.25, 0.3) is 5.91 Å². The molecule has 2 bridgehead atoms. The summed E-state index contributed by atoms with van der Waals surface area (Å²) >= 11 is 6.26. The van der Waals surface area contributed by atoms with Gasteiger partial charge in [-0.05, 0) is 55.7 Å². The predicted molar refractivity (Wildman–Crippen MR) is 129 cm³/mol. The van der Waals surface area contributed by atoms with Crippen molar-refractivity contribution in [2.45, 2.75) is 41.4 Å². The summed E-state index contributed by atoms with van der Waals surface area (Å²) in [7, 11) is -2.23. The van der Waals surface area contributed by atoms with Crippen LogP contribution in [0.5, 0.6) is 0 Å². The monoisotopic (exact) mass is 553 g/mol. The number of aliphatic hydroxyl groups is 1. The molecule has 196 valence electrons.